The van der Waals surface area contributed by atoms with Crippen LogP contribution in [0.4, 0.5) is 40.1 Å². The first kappa shape index (κ1) is 38.6. The van der Waals surface area contributed by atoms with Crippen LogP contribution in [-0.4, -0.2) is 53.9 Å². The lowest BCUT2D eigenvalue weighted by Gasteiger charge is -2.25. The van der Waals surface area contributed by atoms with Crippen molar-refractivity contribution in [3.05, 3.63) is 72.8 Å². The predicted molar refractivity (Wildman–Crippen MR) is 197 cm³/mol. The summed E-state index contributed by atoms with van der Waals surface area (Å²) in [5.74, 6) is -2.56. The van der Waals surface area contributed by atoms with Crippen molar-refractivity contribution in [2.45, 2.75) is 28.5 Å². The van der Waals surface area contributed by atoms with Gasteiger partial charge in [0.2, 0.25) is 16.5 Å². The van der Waals surface area contributed by atoms with Crippen molar-refractivity contribution in [1.82, 2.24) is 15.0 Å². The summed E-state index contributed by atoms with van der Waals surface area (Å²) in [6.45, 7) is 3.30. The molecule has 1 aromatic heterocycles. The van der Waals surface area contributed by atoms with Crippen LogP contribution < -0.4 is 36.6 Å². The van der Waals surface area contributed by atoms with Crippen molar-refractivity contribution >= 4 is 117 Å². The molecular weight excluding hydrogens is 874 g/mol. The monoisotopic (exact) mass is 890 g/mol. The Morgan fingerprint density at radius 1 is 0.636 bits per heavy atom. The van der Waals surface area contributed by atoms with Gasteiger partial charge >= 0.3 is 0 Å². The highest BCUT2D eigenvalue weighted by atomic mass is 35.5. The zero-order valence-corrected chi connectivity index (χ0v) is 32.5. The van der Waals surface area contributed by atoms with E-state index in [0.717, 1.165) is 12.1 Å². The number of nitrogens with two attached hydrogens (primary N) is 1. The van der Waals surface area contributed by atoms with E-state index in [0.29, 0.717) is 11.1 Å². The molecule has 0 bridgehead atoms. The number of ether oxygens (including phenoxy) is 2. The van der Waals surface area contributed by atoms with Crippen LogP contribution in [0.25, 0.3) is 0 Å². The van der Waals surface area contributed by atoms with Crippen molar-refractivity contribution in [3.8, 4) is 23.0 Å². The third-order valence-corrected chi connectivity index (χ3v) is 11.6. The molecule has 0 spiro atoms. The van der Waals surface area contributed by atoms with Crippen molar-refractivity contribution in [3.63, 3.8) is 0 Å². The van der Waals surface area contributed by atoms with Gasteiger partial charge in [-0.1, -0.05) is 29.3 Å². The van der Waals surface area contributed by atoms with E-state index in [1.807, 2.05) is 0 Å². The number of hydrogen-bond acceptors (Lipinski definition) is 16. The van der Waals surface area contributed by atoms with Gasteiger partial charge in [0.25, 0.3) is 30.4 Å². The number of fused-ring (bicyclic) bond motifs is 4. The summed E-state index contributed by atoms with van der Waals surface area (Å²) in [5, 5.41) is 2.84. The van der Waals surface area contributed by atoms with Gasteiger partial charge in [0.1, 0.15) is 37.0 Å². The number of nitrogens with one attached hydrogen (secondary N) is 2. The van der Waals surface area contributed by atoms with Crippen molar-refractivity contribution in [1.29, 1.82) is 0 Å². The fourth-order valence-corrected chi connectivity index (χ4v) is 8.73. The first-order chi connectivity index (χ1) is 25.5. The topological polar surface area (TPSA) is 295 Å². The molecule has 0 radical (unpaired) electrons. The number of nitrogens with zero attached hydrogens (tertiary/aromatic N) is 5. The van der Waals surface area contributed by atoms with Crippen molar-refractivity contribution in [2.75, 3.05) is 16.4 Å². The molecule has 0 saturated heterocycles. The highest BCUT2D eigenvalue weighted by Crippen LogP contribution is 2.51. The lowest BCUT2D eigenvalue weighted by Crippen LogP contribution is -2.24. The lowest BCUT2D eigenvalue weighted by molar-refractivity contribution is 0.428. The van der Waals surface area contributed by atoms with Gasteiger partial charge in [-0.15, -0.1) is 0 Å². The zero-order valence-electron chi connectivity index (χ0n) is 27.0. The smallest absolute Gasteiger partial charge is 0.300 e. The Kier molecular flexibility index (Phi) is 9.31. The minimum Gasteiger partial charge on any atom is -0.450 e. The molecule has 2 aliphatic heterocycles. The molecule has 5 aromatic rings. The number of aryl methyl sites for hydroxylation is 2. The molecule has 286 valence electrons. The number of nitrogen functional groups attached to an aromatic ring is 1. The molecule has 55 heavy (non-hydrogen) atoms. The molecule has 7 rings (SSSR count). The minimum atomic E-state index is -5.43. The number of anilines is 5. The normalized spacial score (nSPS) is 13.2. The van der Waals surface area contributed by atoms with Crippen LogP contribution in [-0.2, 0) is 30.4 Å². The SMILES string of the molecule is Cc1cc(C)c(Nc2c(S(=O)(=O)O)cc3c(c2S(=O)(=O)O)Oc2c(Cl)c4c(c(Cl)c2=N3)Oc2c(ccc(Nc3nc(Cl)nc(Cl)n3)c2S(=O)(=O)O)N=4)cc1N. The van der Waals surface area contributed by atoms with Gasteiger partial charge in [-0.2, -0.15) is 40.2 Å². The van der Waals surface area contributed by atoms with Crippen LogP contribution in [0.5, 0.6) is 23.0 Å². The Morgan fingerprint density at radius 2 is 1.18 bits per heavy atom. The van der Waals surface area contributed by atoms with Crippen LogP contribution in [0.1, 0.15) is 11.1 Å². The van der Waals surface area contributed by atoms with Gasteiger partial charge in [0.05, 0.1) is 11.4 Å². The number of hydrogen-bond donors (Lipinski definition) is 6. The first-order valence-corrected chi connectivity index (χ1v) is 20.5. The van der Waals surface area contributed by atoms with Gasteiger partial charge in [-0.05, 0) is 72.4 Å². The van der Waals surface area contributed by atoms with Crippen LogP contribution >= 0.6 is 46.4 Å². The van der Waals surface area contributed by atoms with E-state index in [4.69, 9.17) is 61.6 Å². The standard InChI is InChI=1S/C29H18Cl4N8O11S3/c1-8-5-9(2)13(6-10(8)34)36-18-15(53(42,43)44)7-14-22(26(18)55(48,49)50)52-24-16(30)19-23(17(31)20(24)37-14)51-21-11(35-19)3-4-12(25(21)54(45,46)47)38-29-40-27(32)39-28(33)41-29/h3-7,36H,34H2,1-2H3,(H,42,43,44)(H,45,46,47)(H,48,49,50)(H,38,39,40,41). The third-order valence-electron chi connectivity index (χ3n) is 7.88. The maximum atomic E-state index is 13.0. The Balaban J connectivity index is 1.45. The summed E-state index contributed by atoms with van der Waals surface area (Å²) in [4.78, 5) is 16.7. The second-order valence-corrected chi connectivity index (χ2v) is 17.1. The second kappa shape index (κ2) is 13.3. The van der Waals surface area contributed by atoms with Crippen LogP contribution in [0.2, 0.25) is 20.6 Å². The van der Waals surface area contributed by atoms with E-state index in [2.05, 4.69) is 35.6 Å². The average Bonchev–Trinajstić information content (AvgIpc) is 3.05. The van der Waals surface area contributed by atoms with Gasteiger partial charge in [0.15, 0.2) is 32.8 Å². The van der Waals surface area contributed by atoms with Crippen LogP contribution in [0.15, 0.2) is 55.0 Å². The fourth-order valence-electron chi connectivity index (χ4n) is 5.54. The predicted octanol–water partition coefficient (Wildman–Crippen LogP) is 6.03. The summed E-state index contributed by atoms with van der Waals surface area (Å²) < 4.78 is 120. The summed E-state index contributed by atoms with van der Waals surface area (Å²) in [6, 6.07) is 6.12. The molecule has 3 heterocycles. The summed E-state index contributed by atoms with van der Waals surface area (Å²) >= 11 is 25.1. The molecule has 7 N–H and O–H groups in total. The van der Waals surface area contributed by atoms with Gasteiger partial charge in [-0.25, -0.2) is 9.98 Å². The Morgan fingerprint density at radius 3 is 1.73 bits per heavy atom. The first-order valence-electron chi connectivity index (χ1n) is 14.6. The van der Waals surface area contributed by atoms with E-state index in [1.54, 1.807) is 19.9 Å². The second-order valence-electron chi connectivity index (χ2n) is 11.5. The Bertz CT molecular complexity index is 3050. The number of aromatic nitrogens is 3. The van der Waals surface area contributed by atoms with Crippen LogP contribution in [0.3, 0.4) is 0 Å². The molecule has 2 aliphatic rings. The molecule has 0 saturated carbocycles. The molecule has 4 aromatic carbocycles. The lowest BCUT2D eigenvalue weighted by atomic mass is 10.1. The average molecular weight is 893 g/mol. The zero-order chi connectivity index (χ0) is 40.1. The maximum Gasteiger partial charge on any atom is 0.300 e. The highest BCUT2D eigenvalue weighted by Gasteiger charge is 2.37. The Hall–Kier alpha value is -4.62. The number of benzene rings is 4. The largest absolute Gasteiger partial charge is 0.450 e. The third kappa shape index (κ3) is 6.94. The molecule has 26 heteroatoms. The fraction of sp³-hybridized carbons (Fsp3) is 0.0690. The van der Waals surface area contributed by atoms with E-state index in [-0.39, 0.29) is 44.6 Å². The molecule has 0 atom stereocenters. The quantitative estimate of drug-likeness (QED) is 0.0787. The molecule has 0 unspecified atom stereocenters. The number of halogens is 4. The van der Waals surface area contributed by atoms with E-state index < -0.39 is 94.8 Å². The van der Waals surface area contributed by atoms with Gasteiger partial charge in [0, 0.05) is 11.4 Å². The molecule has 19 nitrogen and oxygen atoms in total. The van der Waals surface area contributed by atoms with E-state index in [9.17, 15) is 38.9 Å². The van der Waals surface area contributed by atoms with Gasteiger partial charge in [-0.3, -0.25) is 13.7 Å². The summed E-state index contributed by atoms with van der Waals surface area (Å²) in [6.07, 6.45) is 0. The molecule has 0 amide bonds. The molecule has 0 aliphatic carbocycles. The van der Waals surface area contributed by atoms with Crippen LogP contribution in [0, 0.1) is 13.8 Å². The van der Waals surface area contributed by atoms with E-state index >= 15 is 0 Å². The van der Waals surface area contributed by atoms with E-state index in [1.165, 1.54) is 12.1 Å². The number of rotatable bonds is 7. The van der Waals surface area contributed by atoms with Crippen molar-refractivity contribution < 1.29 is 48.4 Å². The Labute approximate surface area is 329 Å². The maximum absolute atomic E-state index is 13.0. The summed E-state index contributed by atoms with van der Waals surface area (Å²) in [5.41, 5.74) is 5.47. The molecule has 0 fully saturated rings. The molecular formula is C29H18Cl4N8O11S3. The minimum absolute atomic E-state index is 0.0966. The highest BCUT2D eigenvalue weighted by molar-refractivity contribution is 7.87. The van der Waals surface area contributed by atoms with Gasteiger partial charge < -0.3 is 25.8 Å². The summed E-state index contributed by atoms with van der Waals surface area (Å²) in [7, 11) is -15.9. The van der Waals surface area contributed by atoms with Crippen molar-refractivity contribution in [2.24, 2.45) is 9.98 Å².